The van der Waals surface area contributed by atoms with Gasteiger partial charge in [0.2, 0.25) is 0 Å². The van der Waals surface area contributed by atoms with E-state index in [2.05, 4.69) is 33.0 Å². The molecule has 112 valence electrons. The summed E-state index contributed by atoms with van der Waals surface area (Å²) in [6.45, 7) is 9.33. The highest BCUT2D eigenvalue weighted by molar-refractivity contribution is 5.26. The summed E-state index contributed by atoms with van der Waals surface area (Å²) in [5.74, 6) is 0.802. The van der Waals surface area contributed by atoms with Crippen molar-refractivity contribution < 1.29 is 4.74 Å². The topological polar surface area (TPSA) is 47.0 Å². The highest BCUT2D eigenvalue weighted by Gasteiger charge is 2.28. The molecule has 1 unspecified atom stereocenters. The average Bonchev–Trinajstić information content (AvgIpc) is 3.24. The lowest BCUT2D eigenvalue weighted by atomic mass is 10.0. The van der Waals surface area contributed by atoms with Crippen molar-refractivity contribution in [2.24, 2.45) is 0 Å². The Labute approximate surface area is 122 Å². The molecule has 1 saturated carbocycles. The molecular formula is C16H27N3O. The minimum Gasteiger partial charge on any atom is -0.371 e. The van der Waals surface area contributed by atoms with Gasteiger partial charge in [0.1, 0.15) is 5.60 Å². The van der Waals surface area contributed by atoms with Gasteiger partial charge in [-0.1, -0.05) is 6.92 Å². The Bertz CT molecular complexity index is 442. The molecule has 1 aliphatic rings. The lowest BCUT2D eigenvalue weighted by molar-refractivity contribution is -0.00928. The molecule has 2 rings (SSSR count). The van der Waals surface area contributed by atoms with Gasteiger partial charge in [0.15, 0.2) is 5.82 Å². The normalized spacial score (nSPS) is 18.1. The smallest absolute Gasteiger partial charge is 0.160 e. The number of methoxy groups -OCH3 is 1. The van der Waals surface area contributed by atoms with Crippen LogP contribution >= 0.6 is 0 Å². The molecule has 1 N–H and O–H groups in total. The van der Waals surface area contributed by atoms with E-state index in [0.717, 1.165) is 42.6 Å². The van der Waals surface area contributed by atoms with Crippen molar-refractivity contribution in [3.63, 3.8) is 0 Å². The van der Waals surface area contributed by atoms with Crippen LogP contribution in [-0.4, -0.2) is 29.7 Å². The van der Waals surface area contributed by atoms with Gasteiger partial charge in [-0.2, -0.15) is 0 Å². The molecule has 1 aromatic heterocycles. The Kier molecular flexibility index (Phi) is 4.76. The van der Waals surface area contributed by atoms with Crippen LogP contribution in [0.25, 0.3) is 0 Å². The number of aryl methyl sites for hydroxylation is 2. The van der Waals surface area contributed by atoms with E-state index in [9.17, 15) is 0 Å². The fourth-order valence-electron chi connectivity index (χ4n) is 2.42. The lowest BCUT2D eigenvalue weighted by Crippen LogP contribution is -2.28. The summed E-state index contributed by atoms with van der Waals surface area (Å²) in [6, 6.07) is 0.757. The molecule has 4 nitrogen and oxygen atoms in total. The molecule has 1 aromatic rings. The Morgan fingerprint density at radius 1 is 1.25 bits per heavy atom. The lowest BCUT2D eigenvalue weighted by Gasteiger charge is -2.26. The zero-order valence-electron chi connectivity index (χ0n) is 13.4. The third-order valence-electron chi connectivity index (χ3n) is 4.40. The standard InChI is InChI=1S/C16H27N3O/c1-6-16(4,20-5)15-18-11(2)14(12(3)19-15)9-10-17-13-7-8-13/h13,17H,6-10H2,1-5H3. The van der Waals surface area contributed by atoms with Gasteiger partial charge in [0.25, 0.3) is 0 Å². The van der Waals surface area contributed by atoms with Crippen LogP contribution in [0.2, 0.25) is 0 Å². The van der Waals surface area contributed by atoms with E-state index in [0.29, 0.717) is 0 Å². The maximum atomic E-state index is 5.61. The molecule has 1 aliphatic carbocycles. The Morgan fingerprint density at radius 3 is 2.30 bits per heavy atom. The summed E-state index contributed by atoms with van der Waals surface area (Å²) in [7, 11) is 1.73. The van der Waals surface area contributed by atoms with Gasteiger partial charge in [-0.05, 0) is 58.6 Å². The third kappa shape index (κ3) is 3.36. The summed E-state index contributed by atoms with van der Waals surface area (Å²) >= 11 is 0. The van der Waals surface area contributed by atoms with Crippen molar-refractivity contribution >= 4 is 0 Å². The summed E-state index contributed by atoms with van der Waals surface area (Å²) < 4.78 is 5.61. The molecule has 0 spiro atoms. The molecule has 0 amide bonds. The molecule has 20 heavy (non-hydrogen) atoms. The van der Waals surface area contributed by atoms with E-state index in [-0.39, 0.29) is 5.60 Å². The quantitative estimate of drug-likeness (QED) is 0.832. The number of rotatable bonds is 7. The summed E-state index contributed by atoms with van der Waals surface area (Å²) in [5, 5.41) is 3.55. The first kappa shape index (κ1) is 15.4. The Balaban J connectivity index is 2.14. The molecular weight excluding hydrogens is 250 g/mol. The fourth-order valence-corrected chi connectivity index (χ4v) is 2.42. The first-order chi connectivity index (χ1) is 9.50. The van der Waals surface area contributed by atoms with Crippen molar-refractivity contribution in [2.45, 2.75) is 65.0 Å². The average molecular weight is 277 g/mol. The second-order valence-electron chi connectivity index (χ2n) is 5.96. The molecule has 0 saturated heterocycles. The number of hydrogen-bond acceptors (Lipinski definition) is 4. The zero-order chi connectivity index (χ0) is 14.8. The van der Waals surface area contributed by atoms with Crippen molar-refractivity contribution in [2.75, 3.05) is 13.7 Å². The van der Waals surface area contributed by atoms with E-state index in [1.807, 2.05) is 0 Å². The Hall–Kier alpha value is -1.00. The molecule has 0 radical (unpaired) electrons. The second-order valence-corrected chi connectivity index (χ2v) is 5.96. The van der Waals surface area contributed by atoms with Crippen LogP contribution in [0, 0.1) is 13.8 Å². The van der Waals surface area contributed by atoms with E-state index in [1.165, 1.54) is 18.4 Å². The van der Waals surface area contributed by atoms with Gasteiger partial charge in [0.05, 0.1) is 0 Å². The van der Waals surface area contributed by atoms with Crippen LogP contribution in [-0.2, 0) is 16.8 Å². The van der Waals surface area contributed by atoms with E-state index >= 15 is 0 Å². The molecule has 1 heterocycles. The molecule has 1 atom stereocenters. The first-order valence-electron chi connectivity index (χ1n) is 7.63. The molecule has 1 fully saturated rings. The van der Waals surface area contributed by atoms with Crippen LogP contribution in [0.1, 0.15) is 55.9 Å². The van der Waals surface area contributed by atoms with Crippen molar-refractivity contribution in [3.05, 3.63) is 22.8 Å². The van der Waals surface area contributed by atoms with Gasteiger partial charge in [-0.25, -0.2) is 9.97 Å². The highest BCUT2D eigenvalue weighted by Crippen LogP contribution is 2.26. The van der Waals surface area contributed by atoms with E-state index in [4.69, 9.17) is 14.7 Å². The number of hydrogen-bond donors (Lipinski definition) is 1. The fraction of sp³-hybridized carbons (Fsp3) is 0.750. The van der Waals surface area contributed by atoms with E-state index in [1.54, 1.807) is 7.11 Å². The third-order valence-corrected chi connectivity index (χ3v) is 4.40. The van der Waals surface area contributed by atoms with Crippen molar-refractivity contribution in [1.29, 1.82) is 0 Å². The van der Waals surface area contributed by atoms with Crippen molar-refractivity contribution in [1.82, 2.24) is 15.3 Å². The number of ether oxygens (including phenoxy) is 1. The van der Waals surface area contributed by atoms with Crippen molar-refractivity contribution in [3.8, 4) is 0 Å². The zero-order valence-corrected chi connectivity index (χ0v) is 13.4. The summed E-state index contributed by atoms with van der Waals surface area (Å²) in [5.41, 5.74) is 3.06. The number of aromatic nitrogens is 2. The summed E-state index contributed by atoms with van der Waals surface area (Å²) in [6.07, 6.45) is 4.53. The van der Waals surface area contributed by atoms with Crippen LogP contribution in [0.4, 0.5) is 0 Å². The SMILES string of the molecule is CCC(C)(OC)c1nc(C)c(CCNC2CC2)c(C)n1. The maximum Gasteiger partial charge on any atom is 0.160 e. The minimum absolute atomic E-state index is 0.389. The predicted molar refractivity (Wildman–Crippen MR) is 80.9 cm³/mol. The first-order valence-corrected chi connectivity index (χ1v) is 7.63. The van der Waals surface area contributed by atoms with Crippen LogP contribution < -0.4 is 5.32 Å². The molecule has 4 heteroatoms. The van der Waals surface area contributed by atoms with Gasteiger partial charge in [-0.15, -0.1) is 0 Å². The van der Waals surface area contributed by atoms with Crippen LogP contribution in [0.3, 0.4) is 0 Å². The van der Waals surface area contributed by atoms with Crippen LogP contribution in [0.5, 0.6) is 0 Å². The van der Waals surface area contributed by atoms with Gasteiger partial charge in [-0.3, -0.25) is 0 Å². The number of nitrogens with one attached hydrogen (secondary N) is 1. The molecule has 0 aromatic carbocycles. The maximum absolute atomic E-state index is 5.61. The van der Waals surface area contributed by atoms with Crippen LogP contribution in [0.15, 0.2) is 0 Å². The predicted octanol–water partition coefficient (Wildman–Crippen LogP) is 2.66. The Morgan fingerprint density at radius 2 is 1.85 bits per heavy atom. The van der Waals surface area contributed by atoms with Gasteiger partial charge >= 0.3 is 0 Å². The van der Waals surface area contributed by atoms with Gasteiger partial charge < -0.3 is 10.1 Å². The highest BCUT2D eigenvalue weighted by atomic mass is 16.5. The molecule has 0 aliphatic heterocycles. The largest absolute Gasteiger partial charge is 0.371 e. The number of nitrogens with zero attached hydrogens (tertiary/aromatic N) is 2. The monoisotopic (exact) mass is 277 g/mol. The van der Waals surface area contributed by atoms with E-state index < -0.39 is 0 Å². The minimum atomic E-state index is -0.389. The summed E-state index contributed by atoms with van der Waals surface area (Å²) in [4.78, 5) is 9.39. The second kappa shape index (κ2) is 6.19. The van der Waals surface area contributed by atoms with Gasteiger partial charge in [0, 0.05) is 24.5 Å². The molecule has 0 bridgehead atoms.